The van der Waals surface area contributed by atoms with Crippen molar-refractivity contribution in [1.82, 2.24) is 0 Å². The molecule has 0 radical (unpaired) electrons. The van der Waals surface area contributed by atoms with Crippen LogP contribution in [0.5, 0.6) is 0 Å². The topological polar surface area (TPSA) is 20.2 Å². The van der Waals surface area contributed by atoms with Crippen LogP contribution in [0, 0.1) is 0 Å². The van der Waals surface area contributed by atoms with Crippen LogP contribution in [0.2, 0.25) is 4.34 Å². The van der Waals surface area contributed by atoms with Gasteiger partial charge < -0.3 is 5.11 Å². The van der Waals surface area contributed by atoms with Crippen LogP contribution in [-0.2, 0) is 12.8 Å². The van der Waals surface area contributed by atoms with Crippen molar-refractivity contribution in [3.8, 4) is 0 Å². The van der Waals surface area contributed by atoms with Gasteiger partial charge in [0, 0.05) is 11.3 Å². The van der Waals surface area contributed by atoms with Gasteiger partial charge in [0.05, 0.1) is 10.4 Å². The summed E-state index contributed by atoms with van der Waals surface area (Å²) in [5.41, 5.74) is 1.17. The Hall–Kier alpha value is -1.35. The van der Waals surface area contributed by atoms with Gasteiger partial charge in [0.15, 0.2) is 0 Å². The third-order valence-corrected chi connectivity index (χ3v) is 4.60. The maximum Gasteiger partial charge on any atom is 0.0931 e. The zero-order chi connectivity index (χ0) is 13.9. The van der Waals surface area contributed by atoms with Gasteiger partial charge in [-0.25, -0.2) is 0 Å². The third-order valence-electron chi connectivity index (χ3n) is 3.35. The first-order valence-electron chi connectivity index (χ1n) is 6.61. The van der Waals surface area contributed by atoms with Gasteiger partial charge in [-0.1, -0.05) is 54.1 Å². The fourth-order valence-electron chi connectivity index (χ4n) is 2.40. The molecule has 1 aromatic heterocycles. The van der Waals surface area contributed by atoms with Crippen LogP contribution in [-0.4, -0.2) is 11.2 Å². The summed E-state index contributed by atoms with van der Waals surface area (Å²) in [6, 6.07) is 18.5. The van der Waals surface area contributed by atoms with E-state index in [1.54, 1.807) is 0 Å². The summed E-state index contributed by atoms with van der Waals surface area (Å²) in [4.78, 5) is 1.13. The maximum atomic E-state index is 10.2. The molecular weight excluding hydrogens is 288 g/mol. The van der Waals surface area contributed by atoms with E-state index in [2.05, 4.69) is 30.3 Å². The molecule has 0 saturated carbocycles. The molecule has 1 nitrogen and oxygen atoms in total. The fourth-order valence-corrected chi connectivity index (χ4v) is 3.56. The molecule has 102 valence electrons. The molecule has 0 saturated heterocycles. The highest BCUT2D eigenvalue weighted by Gasteiger charge is 2.09. The van der Waals surface area contributed by atoms with Crippen LogP contribution in [0.4, 0.5) is 0 Å². The Morgan fingerprint density at radius 1 is 0.950 bits per heavy atom. The van der Waals surface area contributed by atoms with Gasteiger partial charge in [0.2, 0.25) is 0 Å². The van der Waals surface area contributed by atoms with Crippen molar-refractivity contribution in [2.24, 2.45) is 0 Å². The van der Waals surface area contributed by atoms with Crippen LogP contribution < -0.4 is 0 Å². The summed E-state index contributed by atoms with van der Waals surface area (Å²) >= 11 is 7.44. The first-order chi connectivity index (χ1) is 9.70. The number of hydrogen-bond donors (Lipinski definition) is 1. The summed E-state index contributed by atoms with van der Waals surface area (Å²) in [6.45, 7) is 0. The second kappa shape index (κ2) is 5.96. The molecule has 20 heavy (non-hydrogen) atoms. The van der Waals surface area contributed by atoms with E-state index < -0.39 is 0 Å². The molecule has 0 amide bonds. The number of rotatable bonds is 4. The van der Waals surface area contributed by atoms with Crippen molar-refractivity contribution in [2.75, 3.05) is 0 Å². The first kappa shape index (κ1) is 13.6. The lowest BCUT2D eigenvalue weighted by atomic mass is 10.0. The van der Waals surface area contributed by atoms with Crippen LogP contribution >= 0.6 is 22.9 Å². The minimum atomic E-state index is -0.370. The molecule has 0 bridgehead atoms. The lowest BCUT2D eigenvalue weighted by molar-refractivity contribution is 0.176. The van der Waals surface area contributed by atoms with E-state index in [0.717, 1.165) is 9.21 Å². The Labute approximate surface area is 127 Å². The van der Waals surface area contributed by atoms with Gasteiger partial charge in [-0.3, -0.25) is 0 Å². The number of aliphatic hydroxyl groups is 1. The van der Waals surface area contributed by atoms with E-state index >= 15 is 0 Å². The molecule has 0 aliphatic rings. The molecular formula is C17H15ClOS. The van der Waals surface area contributed by atoms with Gasteiger partial charge in [-0.15, -0.1) is 11.3 Å². The number of benzene rings is 2. The highest BCUT2D eigenvalue weighted by atomic mass is 35.5. The molecule has 1 N–H and O–H groups in total. The maximum absolute atomic E-state index is 10.2. The van der Waals surface area contributed by atoms with Crippen LogP contribution in [0.3, 0.4) is 0 Å². The average Bonchev–Trinajstić information content (AvgIpc) is 2.83. The van der Waals surface area contributed by atoms with Gasteiger partial charge in [0.25, 0.3) is 0 Å². The number of thiophene rings is 1. The first-order valence-corrected chi connectivity index (χ1v) is 7.80. The number of halogens is 1. The predicted octanol–water partition coefficient (Wildman–Crippen LogP) is 4.70. The second-order valence-electron chi connectivity index (χ2n) is 4.95. The molecule has 3 aromatic rings. The van der Waals surface area contributed by atoms with E-state index in [1.165, 1.54) is 27.7 Å². The third kappa shape index (κ3) is 3.21. The van der Waals surface area contributed by atoms with Crippen molar-refractivity contribution in [3.63, 3.8) is 0 Å². The summed E-state index contributed by atoms with van der Waals surface area (Å²) in [7, 11) is 0. The van der Waals surface area contributed by atoms with Crippen molar-refractivity contribution >= 4 is 33.7 Å². The summed E-state index contributed by atoms with van der Waals surface area (Å²) in [6.07, 6.45) is 0.954. The SMILES string of the molecule is OC(Cc1ccc2ccccc2c1)Cc1ccc(Cl)s1. The zero-order valence-corrected chi connectivity index (χ0v) is 12.5. The minimum absolute atomic E-state index is 0.370. The number of hydrogen-bond acceptors (Lipinski definition) is 2. The normalized spacial score (nSPS) is 12.7. The van der Waals surface area contributed by atoms with Gasteiger partial charge in [-0.05, 0) is 34.9 Å². The van der Waals surface area contributed by atoms with E-state index in [4.69, 9.17) is 11.6 Å². The second-order valence-corrected chi connectivity index (χ2v) is 6.75. The number of fused-ring (bicyclic) bond motifs is 1. The highest BCUT2D eigenvalue weighted by molar-refractivity contribution is 7.16. The van der Waals surface area contributed by atoms with Crippen LogP contribution in [0.15, 0.2) is 54.6 Å². The molecule has 1 atom stereocenters. The van der Waals surface area contributed by atoms with Gasteiger partial charge in [0.1, 0.15) is 0 Å². The molecule has 3 rings (SSSR count). The lowest BCUT2D eigenvalue weighted by Gasteiger charge is -2.10. The fraction of sp³-hybridized carbons (Fsp3) is 0.176. The van der Waals surface area contributed by atoms with Gasteiger partial charge >= 0.3 is 0 Å². The van der Waals surface area contributed by atoms with Gasteiger partial charge in [-0.2, -0.15) is 0 Å². The summed E-state index contributed by atoms with van der Waals surface area (Å²) < 4.78 is 0.776. The van der Waals surface area contributed by atoms with E-state index in [1.807, 2.05) is 24.3 Å². The minimum Gasteiger partial charge on any atom is -0.392 e. The lowest BCUT2D eigenvalue weighted by Crippen LogP contribution is -2.13. The molecule has 0 spiro atoms. The van der Waals surface area contributed by atoms with E-state index in [9.17, 15) is 5.11 Å². The van der Waals surface area contributed by atoms with E-state index in [-0.39, 0.29) is 6.10 Å². The smallest absolute Gasteiger partial charge is 0.0931 e. The predicted molar refractivity (Wildman–Crippen MR) is 86.7 cm³/mol. The zero-order valence-electron chi connectivity index (χ0n) is 10.9. The quantitative estimate of drug-likeness (QED) is 0.740. The van der Waals surface area contributed by atoms with E-state index in [0.29, 0.717) is 12.8 Å². The molecule has 1 unspecified atom stereocenters. The van der Waals surface area contributed by atoms with Crippen LogP contribution in [0.1, 0.15) is 10.4 Å². The molecule has 0 aliphatic heterocycles. The Morgan fingerprint density at radius 2 is 1.75 bits per heavy atom. The Kier molecular flexibility index (Phi) is 4.06. The van der Waals surface area contributed by atoms with Crippen molar-refractivity contribution in [2.45, 2.75) is 18.9 Å². The Morgan fingerprint density at radius 3 is 2.50 bits per heavy atom. The highest BCUT2D eigenvalue weighted by Crippen LogP contribution is 2.23. The Balaban J connectivity index is 1.72. The molecule has 1 heterocycles. The van der Waals surface area contributed by atoms with Crippen LogP contribution in [0.25, 0.3) is 10.8 Å². The summed E-state index contributed by atoms with van der Waals surface area (Å²) in [5.74, 6) is 0. The summed E-state index contributed by atoms with van der Waals surface area (Å²) in [5, 5.41) is 12.7. The standard InChI is InChI=1S/C17H15ClOS/c18-17-8-7-16(20-17)11-15(19)10-12-5-6-13-3-1-2-4-14(13)9-12/h1-9,15,19H,10-11H2. The number of aliphatic hydroxyl groups excluding tert-OH is 1. The molecule has 0 fully saturated rings. The molecule has 0 aliphatic carbocycles. The largest absolute Gasteiger partial charge is 0.392 e. The Bertz CT molecular complexity index is 720. The average molecular weight is 303 g/mol. The molecule has 3 heteroatoms. The van der Waals surface area contributed by atoms with Crippen molar-refractivity contribution in [1.29, 1.82) is 0 Å². The van der Waals surface area contributed by atoms with Crippen molar-refractivity contribution < 1.29 is 5.11 Å². The van der Waals surface area contributed by atoms with Crippen molar-refractivity contribution in [3.05, 3.63) is 69.4 Å². The monoisotopic (exact) mass is 302 g/mol. The molecule has 2 aromatic carbocycles.